The summed E-state index contributed by atoms with van der Waals surface area (Å²) in [6, 6.07) is 6.93. The van der Waals surface area contributed by atoms with Gasteiger partial charge >= 0.3 is 0 Å². The Bertz CT molecular complexity index is 1380. The van der Waals surface area contributed by atoms with Gasteiger partial charge in [-0.3, -0.25) is 14.2 Å². The van der Waals surface area contributed by atoms with Gasteiger partial charge in [0.1, 0.15) is 5.52 Å². The van der Waals surface area contributed by atoms with Crippen molar-refractivity contribution in [1.29, 1.82) is 0 Å². The Kier molecular flexibility index (Phi) is 6.76. The van der Waals surface area contributed by atoms with Gasteiger partial charge in [0.15, 0.2) is 17.2 Å². The third-order valence-corrected chi connectivity index (χ3v) is 5.35. The van der Waals surface area contributed by atoms with Gasteiger partial charge in [0.25, 0.3) is 5.56 Å². The first-order valence-corrected chi connectivity index (χ1v) is 10.6. The van der Waals surface area contributed by atoms with Crippen molar-refractivity contribution in [3.05, 3.63) is 68.8 Å². The van der Waals surface area contributed by atoms with Crippen LogP contribution in [-0.2, 0) is 17.9 Å². The molecule has 3 heterocycles. The molecule has 10 nitrogen and oxygen atoms in total. The van der Waals surface area contributed by atoms with Crippen LogP contribution in [-0.4, -0.2) is 41.9 Å². The molecule has 0 aliphatic carbocycles. The molecule has 0 saturated heterocycles. The second-order valence-electron chi connectivity index (χ2n) is 6.98. The molecule has 0 unspecified atom stereocenters. The quantitative estimate of drug-likeness (QED) is 0.409. The van der Waals surface area contributed by atoms with Crippen LogP contribution in [0.15, 0.2) is 47.7 Å². The first-order valence-electron chi connectivity index (χ1n) is 9.89. The molecule has 0 radical (unpaired) electrons. The highest BCUT2D eigenvalue weighted by atomic mass is 35.5. The molecule has 1 amide bonds. The van der Waals surface area contributed by atoms with Crippen LogP contribution >= 0.6 is 23.2 Å². The number of benzene rings is 1. The van der Waals surface area contributed by atoms with Gasteiger partial charge in [-0.05, 0) is 23.8 Å². The summed E-state index contributed by atoms with van der Waals surface area (Å²) in [5.41, 5.74) is 1.24. The van der Waals surface area contributed by atoms with E-state index in [1.165, 1.54) is 30.1 Å². The minimum atomic E-state index is -0.423. The standard InChI is InChI=1S/C21H18Cl2N8O2/c1-12(32)24-7-8-31-19-16(29-17(20(31)33)18-25-5-2-6-26-18)11-28-21(30-19)27-10-13-3-4-14(22)15(23)9-13/h2-6,9,11H,7-8,10H2,1H3,(H,24,32)(H,27,28,30). The molecule has 4 aromatic rings. The Balaban J connectivity index is 1.71. The van der Waals surface area contributed by atoms with Crippen LogP contribution in [0.2, 0.25) is 10.0 Å². The highest BCUT2D eigenvalue weighted by Crippen LogP contribution is 2.23. The van der Waals surface area contributed by atoms with E-state index in [0.29, 0.717) is 33.7 Å². The number of hydrogen-bond donors (Lipinski definition) is 2. The Labute approximate surface area is 198 Å². The highest BCUT2D eigenvalue weighted by Gasteiger charge is 2.17. The van der Waals surface area contributed by atoms with Crippen molar-refractivity contribution in [3.63, 3.8) is 0 Å². The van der Waals surface area contributed by atoms with Crippen LogP contribution in [0.4, 0.5) is 5.95 Å². The molecule has 1 aromatic carbocycles. The van der Waals surface area contributed by atoms with Gasteiger partial charge in [-0.1, -0.05) is 29.3 Å². The van der Waals surface area contributed by atoms with Crippen molar-refractivity contribution < 1.29 is 4.79 Å². The van der Waals surface area contributed by atoms with E-state index in [9.17, 15) is 9.59 Å². The third-order valence-electron chi connectivity index (χ3n) is 4.61. The van der Waals surface area contributed by atoms with Crippen LogP contribution in [0.5, 0.6) is 0 Å². The molecule has 0 aliphatic heterocycles. The van der Waals surface area contributed by atoms with Crippen LogP contribution in [0.1, 0.15) is 12.5 Å². The molecule has 0 aliphatic rings. The monoisotopic (exact) mass is 484 g/mol. The molecule has 0 saturated carbocycles. The lowest BCUT2D eigenvalue weighted by molar-refractivity contribution is -0.118. The van der Waals surface area contributed by atoms with Gasteiger partial charge in [-0.2, -0.15) is 4.98 Å². The molecular formula is C21H18Cl2N8O2. The third kappa shape index (κ3) is 5.24. The van der Waals surface area contributed by atoms with Crippen molar-refractivity contribution in [2.24, 2.45) is 0 Å². The molecular weight excluding hydrogens is 467 g/mol. The number of hydrogen-bond acceptors (Lipinski definition) is 8. The van der Waals surface area contributed by atoms with Crippen molar-refractivity contribution in [2.75, 3.05) is 11.9 Å². The Morgan fingerprint density at radius 3 is 2.61 bits per heavy atom. The fraction of sp³-hybridized carbons (Fsp3) is 0.190. The largest absolute Gasteiger partial charge is 0.355 e. The summed E-state index contributed by atoms with van der Waals surface area (Å²) in [5, 5.41) is 6.70. The molecule has 4 rings (SSSR count). The molecule has 2 N–H and O–H groups in total. The van der Waals surface area contributed by atoms with E-state index in [-0.39, 0.29) is 30.5 Å². The summed E-state index contributed by atoms with van der Waals surface area (Å²) in [5.74, 6) is 0.290. The summed E-state index contributed by atoms with van der Waals surface area (Å²) in [6.45, 7) is 2.21. The maximum absolute atomic E-state index is 13.2. The lowest BCUT2D eigenvalue weighted by atomic mass is 10.2. The molecule has 0 bridgehead atoms. The summed E-state index contributed by atoms with van der Waals surface area (Å²) < 4.78 is 1.43. The average molecular weight is 485 g/mol. The minimum absolute atomic E-state index is 0.0750. The Morgan fingerprint density at radius 1 is 1.09 bits per heavy atom. The van der Waals surface area contributed by atoms with Crippen molar-refractivity contribution in [1.82, 2.24) is 34.8 Å². The Hall–Kier alpha value is -3.63. The van der Waals surface area contributed by atoms with Gasteiger partial charge in [-0.25, -0.2) is 19.9 Å². The van der Waals surface area contributed by atoms with Gasteiger partial charge in [-0.15, -0.1) is 0 Å². The number of anilines is 1. The lowest BCUT2D eigenvalue weighted by Gasteiger charge is -2.12. The number of fused-ring (bicyclic) bond motifs is 1. The predicted octanol–water partition coefficient (Wildman–Crippen LogP) is 2.70. The normalized spacial score (nSPS) is 10.9. The zero-order valence-electron chi connectivity index (χ0n) is 17.4. The van der Waals surface area contributed by atoms with E-state index in [0.717, 1.165) is 5.56 Å². The van der Waals surface area contributed by atoms with Crippen molar-refractivity contribution >= 4 is 46.2 Å². The molecule has 33 heavy (non-hydrogen) atoms. The first kappa shape index (κ1) is 22.6. The van der Waals surface area contributed by atoms with E-state index in [2.05, 4.69) is 35.6 Å². The number of halogens is 2. The average Bonchev–Trinajstić information content (AvgIpc) is 2.81. The summed E-state index contributed by atoms with van der Waals surface area (Å²) in [6.07, 6.45) is 4.57. The minimum Gasteiger partial charge on any atom is -0.355 e. The number of aromatic nitrogens is 6. The fourth-order valence-electron chi connectivity index (χ4n) is 3.07. The predicted molar refractivity (Wildman–Crippen MR) is 125 cm³/mol. The number of carbonyl (C=O) groups is 1. The maximum atomic E-state index is 13.2. The number of carbonyl (C=O) groups excluding carboxylic acids is 1. The Morgan fingerprint density at radius 2 is 1.88 bits per heavy atom. The molecule has 168 valence electrons. The molecule has 0 spiro atoms. The SMILES string of the molecule is CC(=O)NCCn1c(=O)c(-c2ncccn2)nc2cnc(NCc3ccc(Cl)c(Cl)c3)nc21. The zero-order chi connectivity index (χ0) is 23.4. The number of rotatable bonds is 7. The van der Waals surface area contributed by atoms with Crippen molar-refractivity contribution in [3.8, 4) is 11.5 Å². The second-order valence-corrected chi connectivity index (χ2v) is 7.79. The number of nitrogens with zero attached hydrogens (tertiary/aromatic N) is 6. The van der Waals surface area contributed by atoms with Crippen LogP contribution < -0.4 is 16.2 Å². The van der Waals surface area contributed by atoms with Gasteiger partial charge in [0.05, 0.1) is 16.2 Å². The summed E-state index contributed by atoms with van der Waals surface area (Å²) in [4.78, 5) is 46.0. The van der Waals surface area contributed by atoms with Gasteiger partial charge in [0, 0.05) is 39.0 Å². The van der Waals surface area contributed by atoms with Crippen LogP contribution in [0, 0.1) is 0 Å². The van der Waals surface area contributed by atoms with Crippen molar-refractivity contribution in [2.45, 2.75) is 20.0 Å². The van der Waals surface area contributed by atoms with Gasteiger partial charge < -0.3 is 10.6 Å². The van der Waals surface area contributed by atoms with E-state index < -0.39 is 5.56 Å². The summed E-state index contributed by atoms with van der Waals surface area (Å²) >= 11 is 12.0. The smallest absolute Gasteiger partial charge is 0.282 e. The lowest BCUT2D eigenvalue weighted by Crippen LogP contribution is -2.31. The summed E-state index contributed by atoms with van der Waals surface area (Å²) in [7, 11) is 0. The second kappa shape index (κ2) is 9.88. The fourth-order valence-corrected chi connectivity index (χ4v) is 3.39. The molecule has 3 aromatic heterocycles. The van der Waals surface area contributed by atoms with Crippen LogP contribution in [0.25, 0.3) is 22.7 Å². The van der Waals surface area contributed by atoms with E-state index in [1.54, 1.807) is 18.2 Å². The number of nitrogens with one attached hydrogen (secondary N) is 2. The topological polar surface area (TPSA) is 128 Å². The molecule has 0 fully saturated rings. The van der Waals surface area contributed by atoms with E-state index in [1.807, 2.05) is 6.07 Å². The number of amides is 1. The maximum Gasteiger partial charge on any atom is 0.282 e. The molecule has 0 atom stereocenters. The first-order chi connectivity index (χ1) is 15.9. The highest BCUT2D eigenvalue weighted by molar-refractivity contribution is 6.42. The zero-order valence-corrected chi connectivity index (χ0v) is 18.9. The van der Waals surface area contributed by atoms with Gasteiger partial charge in [0.2, 0.25) is 11.9 Å². The van der Waals surface area contributed by atoms with Crippen LogP contribution in [0.3, 0.4) is 0 Å². The van der Waals surface area contributed by atoms with E-state index in [4.69, 9.17) is 23.2 Å². The van der Waals surface area contributed by atoms with E-state index >= 15 is 0 Å². The molecule has 12 heteroatoms.